The van der Waals surface area contributed by atoms with Crippen LogP contribution in [0, 0.1) is 0 Å². The van der Waals surface area contributed by atoms with Crippen molar-refractivity contribution in [2.75, 3.05) is 29.9 Å². The van der Waals surface area contributed by atoms with Gasteiger partial charge in [0.15, 0.2) is 0 Å². The second-order valence-electron chi connectivity index (χ2n) is 5.59. The molecule has 2 aromatic rings. The lowest BCUT2D eigenvalue weighted by atomic mass is 9.96. The molecule has 1 aliphatic heterocycles. The summed E-state index contributed by atoms with van der Waals surface area (Å²) in [4.78, 5) is 0. The lowest BCUT2D eigenvalue weighted by Gasteiger charge is -2.17. The van der Waals surface area contributed by atoms with Crippen LogP contribution in [0.1, 0.15) is 23.5 Å². The molecule has 0 spiro atoms. The molecular formula is C17H22N4. The van der Waals surface area contributed by atoms with Gasteiger partial charge in [-0.25, -0.2) is 0 Å². The number of para-hydroxylation sites is 1. The average Bonchev–Trinajstić information content (AvgIpc) is 3.03. The molecule has 110 valence electrons. The molecule has 1 fully saturated rings. The molecule has 4 heteroatoms. The molecule has 1 atom stereocenters. The van der Waals surface area contributed by atoms with E-state index in [2.05, 4.69) is 34.9 Å². The van der Waals surface area contributed by atoms with Crippen molar-refractivity contribution in [1.29, 1.82) is 0 Å². The standard InChI is InChI=1S/C17H22N4/c18-14-5-6-16(19)13(9-14)11-21-17-4-2-1-3-15(17)12-7-8-20-10-12/h1-6,9,12,20-21H,7-8,10-11,18-19H2. The molecule has 2 aromatic carbocycles. The quantitative estimate of drug-likeness (QED) is 0.650. The molecule has 1 saturated heterocycles. The second kappa shape index (κ2) is 6.06. The molecule has 0 aliphatic carbocycles. The number of anilines is 3. The van der Waals surface area contributed by atoms with Crippen LogP contribution in [-0.4, -0.2) is 13.1 Å². The van der Waals surface area contributed by atoms with Gasteiger partial charge < -0.3 is 22.1 Å². The minimum absolute atomic E-state index is 0.590. The molecule has 1 heterocycles. The highest BCUT2D eigenvalue weighted by molar-refractivity contribution is 5.58. The van der Waals surface area contributed by atoms with Crippen molar-refractivity contribution in [2.45, 2.75) is 18.9 Å². The van der Waals surface area contributed by atoms with Crippen LogP contribution in [0.5, 0.6) is 0 Å². The largest absolute Gasteiger partial charge is 0.399 e. The molecule has 6 N–H and O–H groups in total. The van der Waals surface area contributed by atoms with Gasteiger partial charge >= 0.3 is 0 Å². The zero-order chi connectivity index (χ0) is 14.7. The van der Waals surface area contributed by atoms with E-state index in [0.29, 0.717) is 12.5 Å². The summed E-state index contributed by atoms with van der Waals surface area (Å²) < 4.78 is 0. The van der Waals surface area contributed by atoms with E-state index >= 15 is 0 Å². The van der Waals surface area contributed by atoms with Gasteiger partial charge in [0.05, 0.1) is 0 Å². The van der Waals surface area contributed by atoms with Crippen LogP contribution in [0.3, 0.4) is 0 Å². The van der Waals surface area contributed by atoms with E-state index in [0.717, 1.165) is 30.0 Å². The van der Waals surface area contributed by atoms with E-state index in [1.807, 2.05) is 18.2 Å². The summed E-state index contributed by atoms with van der Waals surface area (Å²) in [6, 6.07) is 14.1. The summed E-state index contributed by atoms with van der Waals surface area (Å²) in [6.45, 7) is 2.84. The van der Waals surface area contributed by atoms with Crippen molar-refractivity contribution in [1.82, 2.24) is 5.32 Å². The Bertz CT molecular complexity index is 618. The predicted octanol–water partition coefficient (Wildman–Crippen LogP) is 2.54. The summed E-state index contributed by atoms with van der Waals surface area (Å²) in [6.07, 6.45) is 1.19. The third-order valence-electron chi connectivity index (χ3n) is 4.10. The lowest BCUT2D eigenvalue weighted by Crippen LogP contribution is -2.10. The molecule has 0 aromatic heterocycles. The van der Waals surface area contributed by atoms with Crippen LogP contribution in [0.4, 0.5) is 17.1 Å². The SMILES string of the molecule is Nc1ccc(N)c(CNc2ccccc2C2CCNC2)c1. The first-order valence-electron chi connectivity index (χ1n) is 7.41. The number of hydrogen-bond donors (Lipinski definition) is 4. The average molecular weight is 282 g/mol. The smallest absolute Gasteiger partial charge is 0.0422 e. The van der Waals surface area contributed by atoms with Crippen molar-refractivity contribution < 1.29 is 0 Å². The summed E-state index contributed by atoms with van der Waals surface area (Å²) in [5.74, 6) is 0.590. The Balaban J connectivity index is 1.77. The zero-order valence-corrected chi connectivity index (χ0v) is 12.1. The fourth-order valence-corrected chi connectivity index (χ4v) is 2.90. The molecular weight excluding hydrogens is 260 g/mol. The minimum Gasteiger partial charge on any atom is -0.399 e. The molecule has 0 radical (unpaired) electrons. The van der Waals surface area contributed by atoms with Gasteiger partial charge in [-0.15, -0.1) is 0 Å². The van der Waals surface area contributed by atoms with Crippen LogP contribution in [0.15, 0.2) is 42.5 Å². The highest BCUT2D eigenvalue weighted by Crippen LogP contribution is 2.29. The summed E-state index contributed by atoms with van der Waals surface area (Å²) in [5, 5.41) is 6.94. The summed E-state index contributed by atoms with van der Waals surface area (Å²) in [7, 11) is 0. The first kappa shape index (κ1) is 13.8. The molecule has 1 unspecified atom stereocenters. The van der Waals surface area contributed by atoms with Gasteiger partial charge in [0, 0.05) is 30.2 Å². The van der Waals surface area contributed by atoms with E-state index in [1.54, 1.807) is 0 Å². The van der Waals surface area contributed by atoms with E-state index in [1.165, 1.54) is 17.7 Å². The number of hydrogen-bond acceptors (Lipinski definition) is 4. The maximum atomic E-state index is 6.01. The third-order valence-corrected chi connectivity index (χ3v) is 4.10. The Labute approximate surface area is 125 Å². The first-order chi connectivity index (χ1) is 10.2. The van der Waals surface area contributed by atoms with Gasteiger partial charge in [-0.1, -0.05) is 18.2 Å². The molecule has 21 heavy (non-hydrogen) atoms. The molecule has 0 amide bonds. The van der Waals surface area contributed by atoms with E-state index < -0.39 is 0 Å². The van der Waals surface area contributed by atoms with Gasteiger partial charge in [-0.3, -0.25) is 0 Å². The van der Waals surface area contributed by atoms with Crippen LogP contribution in [0.2, 0.25) is 0 Å². The Hall–Kier alpha value is -2.20. The first-order valence-corrected chi connectivity index (χ1v) is 7.41. The predicted molar refractivity (Wildman–Crippen MR) is 89.3 cm³/mol. The monoisotopic (exact) mass is 282 g/mol. The highest BCUT2D eigenvalue weighted by atomic mass is 14.9. The van der Waals surface area contributed by atoms with Gasteiger partial charge in [0.2, 0.25) is 0 Å². The van der Waals surface area contributed by atoms with Gasteiger partial charge in [0.25, 0.3) is 0 Å². The Morgan fingerprint density at radius 1 is 1.14 bits per heavy atom. The summed E-state index contributed by atoms with van der Waals surface area (Å²) >= 11 is 0. The van der Waals surface area contributed by atoms with Crippen molar-refractivity contribution >= 4 is 17.1 Å². The topological polar surface area (TPSA) is 76.1 Å². The molecule has 0 bridgehead atoms. The minimum atomic E-state index is 0.590. The molecule has 0 saturated carbocycles. The fourth-order valence-electron chi connectivity index (χ4n) is 2.90. The highest BCUT2D eigenvalue weighted by Gasteiger charge is 2.19. The Morgan fingerprint density at radius 2 is 2.00 bits per heavy atom. The third kappa shape index (κ3) is 3.11. The van der Waals surface area contributed by atoms with Crippen LogP contribution in [0.25, 0.3) is 0 Å². The van der Waals surface area contributed by atoms with E-state index in [-0.39, 0.29) is 0 Å². The Morgan fingerprint density at radius 3 is 2.81 bits per heavy atom. The molecule has 1 aliphatic rings. The van der Waals surface area contributed by atoms with Crippen LogP contribution >= 0.6 is 0 Å². The van der Waals surface area contributed by atoms with Crippen molar-refractivity contribution in [3.8, 4) is 0 Å². The number of nitrogens with two attached hydrogens (primary N) is 2. The maximum absolute atomic E-state index is 6.01. The van der Waals surface area contributed by atoms with Crippen molar-refractivity contribution in [3.63, 3.8) is 0 Å². The van der Waals surface area contributed by atoms with Crippen molar-refractivity contribution in [3.05, 3.63) is 53.6 Å². The normalized spacial score (nSPS) is 17.8. The number of nitrogen functional groups attached to an aromatic ring is 2. The van der Waals surface area contributed by atoms with Gasteiger partial charge in [-0.2, -0.15) is 0 Å². The van der Waals surface area contributed by atoms with Gasteiger partial charge in [0.1, 0.15) is 0 Å². The number of rotatable bonds is 4. The second-order valence-corrected chi connectivity index (χ2v) is 5.59. The number of nitrogens with one attached hydrogen (secondary N) is 2. The maximum Gasteiger partial charge on any atom is 0.0422 e. The Kier molecular flexibility index (Phi) is 3.97. The van der Waals surface area contributed by atoms with Gasteiger partial charge in [-0.05, 0) is 54.3 Å². The summed E-state index contributed by atoms with van der Waals surface area (Å²) in [5.41, 5.74) is 17.0. The fraction of sp³-hybridized carbons (Fsp3) is 0.294. The van der Waals surface area contributed by atoms with Crippen LogP contribution in [-0.2, 0) is 6.54 Å². The zero-order valence-electron chi connectivity index (χ0n) is 12.1. The molecule has 3 rings (SSSR count). The van der Waals surface area contributed by atoms with E-state index in [9.17, 15) is 0 Å². The lowest BCUT2D eigenvalue weighted by molar-refractivity contribution is 0.764. The van der Waals surface area contributed by atoms with Crippen LogP contribution < -0.4 is 22.1 Å². The van der Waals surface area contributed by atoms with E-state index in [4.69, 9.17) is 11.5 Å². The molecule has 4 nitrogen and oxygen atoms in total. The van der Waals surface area contributed by atoms with Crippen molar-refractivity contribution in [2.24, 2.45) is 0 Å². The number of benzene rings is 2.